The Morgan fingerprint density at radius 3 is 2.44 bits per heavy atom. The first-order valence-electron chi connectivity index (χ1n) is 5.87. The molecule has 1 aliphatic heterocycles. The normalized spacial score (nSPS) is 19.8. The molecule has 1 radical (unpaired) electrons. The lowest BCUT2D eigenvalue weighted by Gasteiger charge is -2.38. The van der Waals surface area contributed by atoms with Gasteiger partial charge in [-0.2, -0.15) is 0 Å². The summed E-state index contributed by atoms with van der Waals surface area (Å²) in [5, 5.41) is 9.11. The lowest BCUT2D eigenvalue weighted by atomic mass is 10.2. The third-order valence-corrected chi connectivity index (χ3v) is 3.27. The number of aliphatic hydroxyl groups is 1. The van der Waals surface area contributed by atoms with E-state index in [1.807, 2.05) is 12.1 Å². The van der Waals surface area contributed by atoms with Crippen molar-refractivity contribution in [3.05, 3.63) is 30.3 Å². The highest BCUT2D eigenvalue weighted by Gasteiger charge is 2.20. The van der Waals surface area contributed by atoms with Crippen LogP contribution in [0, 0.1) is 6.07 Å². The van der Waals surface area contributed by atoms with Crippen LogP contribution in [0.2, 0.25) is 0 Å². The standard InChI is InChI=1S/C13H19N2O/c1-12(11-16)14-7-9-15(10-8-14)13-5-3-2-4-6-13/h3-6,12,16H,7-11H2,1H3/t12-/m0/s1. The van der Waals surface area contributed by atoms with Crippen molar-refractivity contribution in [3.8, 4) is 0 Å². The van der Waals surface area contributed by atoms with E-state index in [4.69, 9.17) is 5.11 Å². The van der Waals surface area contributed by atoms with E-state index in [-0.39, 0.29) is 12.6 Å². The van der Waals surface area contributed by atoms with E-state index in [0.717, 1.165) is 26.2 Å². The van der Waals surface area contributed by atoms with Gasteiger partial charge in [-0.3, -0.25) is 4.90 Å². The average molecular weight is 219 g/mol. The minimum atomic E-state index is 0.250. The summed E-state index contributed by atoms with van der Waals surface area (Å²) in [5.41, 5.74) is 1.27. The van der Waals surface area contributed by atoms with Crippen molar-refractivity contribution in [2.24, 2.45) is 0 Å². The topological polar surface area (TPSA) is 26.7 Å². The lowest BCUT2D eigenvalue weighted by Crippen LogP contribution is -2.50. The van der Waals surface area contributed by atoms with E-state index < -0.39 is 0 Å². The molecule has 16 heavy (non-hydrogen) atoms. The highest BCUT2D eigenvalue weighted by Crippen LogP contribution is 2.16. The van der Waals surface area contributed by atoms with Crippen LogP contribution in [-0.2, 0) is 0 Å². The first-order valence-corrected chi connectivity index (χ1v) is 5.87. The Morgan fingerprint density at radius 1 is 1.25 bits per heavy atom. The maximum atomic E-state index is 9.11. The lowest BCUT2D eigenvalue weighted by molar-refractivity contribution is 0.128. The number of piperazine rings is 1. The summed E-state index contributed by atoms with van der Waals surface area (Å²) >= 11 is 0. The quantitative estimate of drug-likeness (QED) is 0.821. The molecule has 0 unspecified atom stereocenters. The van der Waals surface area contributed by atoms with E-state index in [2.05, 4.69) is 34.9 Å². The number of aliphatic hydroxyl groups excluding tert-OH is 1. The van der Waals surface area contributed by atoms with Crippen molar-refractivity contribution in [1.82, 2.24) is 4.90 Å². The zero-order chi connectivity index (χ0) is 11.4. The number of nitrogens with zero attached hydrogens (tertiary/aromatic N) is 2. The molecule has 0 aromatic heterocycles. The number of anilines is 1. The van der Waals surface area contributed by atoms with Crippen molar-refractivity contribution < 1.29 is 5.11 Å². The minimum Gasteiger partial charge on any atom is -0.395 e. The molecule has 1 fully saturated rings. The van der Waals surface area contributed by atoms with Gasteiger partial charge in [0.15, 0.2) is 0 Å². The molecule has 2 rings (SSSR count). The third-order valence-electron chi connectivity index (χ3n) is 3.27. The second-order valence-electron chi connectivity index (χ2n) is 4.31. The molecule has 0 spiro atoms. The maximum absolute atomic E-state index is 9.11. The fourth-order valence-electron chi connectivity index (χ4n) is 2.13. The van der Waals surface area contributed by atoms with Crippen LogP contribution in [0.4, 0.5) is 5.69 Å². The van der Waals surface area contributed by atoms with E-state index in [9.17, 15) is 0 Å². The summed E-state index contributed by atoms with van der Waals surface area (Å²) in [6.07, 6.45) is 0. The van der Waals surface area contributed by atoms with Gasteiger partial charge in [-0.05, 0) is 25.1 Å². The van der Waals surface area contributed by atoms with Crippen molar-refractivity contribution in [1.29, 1.82) is 0 Å². The average Bonchev–Trinajstić information content (AvgIpc) is 2.39. The second kappa shape index (κ2) is 5.32. The van der Waals surface area contributed by atoms with Crippen molar-refractivity contribution in [2.75, 3.05) is 37.7 Å². The summed E-state index contributed by atoms with van der Waals surface area (Å²) in [6, 6.07) is 11.4. The van der Waals surface area contributed by atoms with Crippen LogP contribution in [0.5, 0.6) is 0 Å². The Morgan fingerprint density at radius 2 is 1.88 bits per heavy atom. The van der Waals surface area contributed by atoms with Crippen LogP contribution in [0.3, 0.4) is 0 Å². The predicted octanol–water partition coefficient (Wildman–Crippen LogP) is 0.990. The Labute approximate surface area is 97.3 Å². The summed E-state index contributed by atoms with van der Waals surface area (Å²) < 4.78 is 0. The molecule has 0 saturated carbocycles. The Bertz CT molecular complexity index is 307. The van der Waals surface area contributed by atoms with Crippen molar-refractivity contribution in [2.45, 2.75) is 13.0 Å². The monoisotopic (exact) mass is 219 g/mol. The predicted molar refractivity (Wildman–Crippen MR) is 65.6 cm³/mol. The van der Waals surface area contributed by atoms with Gasteiger partial charge in [-0.1, -0.05) is 12.1 Å². The van der Waals surface area contributed by atoms with Crippen molar-refractivity contribution in [3.63, 3.8) is 0 Å². The summed E-state index contributed by atoms with van der Waals surface area (Å²) in [5.74, 6) is 0. The van der Waals surface area contributed by atoms with Gasteiger partial charge in [-0.25, -0.2) is 0 Å². The molecule has 1 aliphatic rings. The zero-order valence-electron chi connectivity index (χ0n) is 9.76. The van der Waals surface area contributed by atoms with Gasteiger partial charge in [-0.15, -0.1) is 0 Å². The van der Waals surface area contributed by atoms with Crippen LogP contribution in [0.1, 0.15) is 6.92 Å². The molecule has 3 heteroatoms. The van der Waals surface area contributed by atoms with Gasteiger partial charge >= 0.3 is 0 Å². The molecule has 1 N–H and O–H groups in total. The van der Waals surface area contributed by atoms with Gasteiger partial charge in [0.1, 0.15) is 0 Å². The van der Waals surface area contributed by atoms with Crippen LogP contribution in [0.15, 0.2) is 24.3 Å². The van der Waals surface area contributed by atoms with Gasteiger partial charge in [0.05, 0.1) is 6.61 Å². The molecule has 1 saturated heterocycles. The van der Waals surface area contributed by atoms with E-state index in [0.29, 0.717) is 0 Å². The molecule has 1 atom stereocenters. The highest BCUT2D eigenvalue weighted by molar-refractivity contribution is 5.46. The fraction of sp³-hybridized carbons (Fsp3) is 0.538. The molecule has 0 bridgehead atoms. The summed E-state index contributed by atoms with van der Waals surface area (Å²) in [6.45, 7) is 6.46. The van der Waals surface area contributed by atoms with Crippen molar-refractivity contribution >= 4 is 5.69 Å². The number of benzene rings is 1. The van der Waals surface area contributed by atoms with Crippen LogP contribution < -0.4 is 4.90 Å². The molecule has 1 heterocycles. The molecular formula is C13H19N2O. The van der Waals surface area contributed by atoms with Crippen LogP contribution in [-0.4, -0.2) is 48.8 Å². The van der Waals surface area contributed by atoms with Gasteiger partial charge in [0.25, 0.3) is 0 Å². The number of rotatable bonds is 3. The first kappa shape index (κ1) is 11.4. The Kier molecular flexibility index (Phi) is 3.80. The molecule has 1 aromatic rings. The highest BCUT2D eigenvalue weighted by atomic mass is 16.3. The fourth-order valence-corrected chi connectivity index (χ4v) is 2.13. The minimum absolute atomic E-state index is 0.250. The van der Waals surface area contributed by atoms with Crippen LogP contribution >= 0.6 is 0 Å². The summed E-state index contributed by atoms with van der Waals surface area (Å²) in [4.78, 5) is 4.72. The number of hydrogen-bond donors (Lipinski definition) is 1. The van der Waals surface area contributed by atoms with Gasteiger partial charge in [0, 0.05) is 37.9 Å². The maximum Gasteiger partial charge on any atom is 0.0584 e. The Balaban J connectivity index is 1.91. The van der Waals surface area contributed by atoms with Gasteiger partial charge < -0.3 is 10.0 Å². The van der Waals surface area contributed by atoms with Crippen LogP contribution in [0.25, 0.3) is 0 Å². The third kappa shape index (κ3) is 2.54. The molecule has 87 valence electrons. The zero-order valence-corrected chi connectivity index (χ0v) is 9.76. The van der Waals surface area contributed by atoms with E-state index in [1.54, 1.807) is 0 Å². The first-order chi connectivity index (χ1) is 7.81. The molecular weight excluding hydrogens is 200 g/mol. The van der Waals surface area contributed by atoms with E-state index in [1.165, 1.54) is 5.69 Å². The molecule has 3 nitrogen and oxygen atoms in total. The largest absolute Gasteiger partial charge is 0.395 e. The summed E-state index contributed by atoms with van der Waals surface area (Å²) in [7, 11) is 0. The number of hydrogen-bond acceptors (Lipinski definition) is 3. The van der Waals surface area contributed by atoms with Gasteiger partial charge in [0.2, 0.25) is 0 Å². The second-order valence-corrected chi connectivity index (χ2v) is 4.31. The molecule has 1 aromatic carbocycles. The van der Waals surface area contributed by atoms with E-state index >= 15 is 0 Å². The SMILES string of the molecule is C[C@@H](CO)N1CCN(c2cc[c]cc2)CC1. The Hall–Kier alpha value is -1.06. The molecule has 0 aliphatic carbocycles. The smallest absolute Gasteiger partial charge is 0.0584 e. The molecule has 0 amide bonds.